The molecule has 0 spiro atoms. The van der Waals surface area contributed by atoms with Gasteiger partial charge in [0.1, 0.15) is 6.33 Å². The van der Waals surface area contributed by atoms with Crippen LogP contribution in [0.2, 0.25) is 0 Å². The molecule has 1 N–H and O–H groups in total. The van der Waals surface area contributed by atoms with Crippen molar-refractivity contribution in [2.24, 2.45) is 0 Å². The molecule has 0 unspecified atom stereocenters. The summed E-state index contributed by atoms with van der Waals surface area (Å²) in [4.78, 5) is 49.0. The van der Waals surface area contributed by atoms with Gasteiger partial charge in [0, 0.05) is 52.2 Å². The van der Waals surface area contributed by atoms with Gasteiger partial charge in [0.2, 0.25) is 17.5 Å². The summed E-state index contributed by atoms with van der Waals surface area (Å²) in [6.45, 7) is 3.43. The standard InChI is InChI=1S/C20H25N7O5/c28-16-5-1-7-24(16)8-3-6-21-18-17(27(30)31)19(23-14-22-18)25-9-11-26(12-10-25)20(29)15-4-2-13-32-15/h2,4,13-14H,1,3,5-12H2,(H,21,22,23). The Morgan fingerprint density at radius 2 is 2.03 bits per heavy atom. The number of amides is 2. The lowest BCUT2D eigenvalue weighted by Crippen LogP contribution is -2.49. The van der Waals surface area contributed by atoms with E-state index in [2.05, 4.69) is 15.3 Å². The van der Waals surface area contributed by atoms with Gasteiger partial charge in [0.15, 0.2) is 5.76 Å². The largest absolute Gasteiger partial charge is 0.459 e. The fourth-order valence-corrected chi connectivity index (χ4v) is 3.99. The number of furan rings is 1. The van der Waals surface area contributed by atoms with Crippen molar-refractivity contribution in [1.29, 1.82) is 0 Å². The van der Waals surface area contributed by atoms with E-state index in [-0.39, 0.29) is 34.9 Å². The number of aromatic nitrogens is 2. The number of hydrogen-bond donors (Lipinski definition) is 1. The molecule has 2 fully saturated rings. The van der Waals surface area contributed by atoms with Crippen LogP contribution in [-0.2, 0) is 4.79 Å². The molecule has 32 heavy (non-hydrogen) atoms. The Kier molecular flexibility index (Phi) is 6.47. The molecule has 2 aliphatic rings. The Bertz CT molecular complexity index is 973. The average Bonchev–Trinajstić information content (AvgIpc) is 3.48. The van der Waals surface area contributed by atoms with Gasteiger partial charge in [0.05, 0.1) is 11.2 Å². The number of carbonyl (C=O) groups excluding carboxylic acids is 2. The maximum atomic E-state index is 12.4. The predicted octanol–water partition coefficient (Wildman–Crippen LogP) is 1.36. The predicted molar refractivity (Wildman–Crippen MR) is 114 cm³/mol. The van der Waals surface area contributed by atoms with Crippen LogP contribution in [-0.4, -0.2) is 82.3 Å². The number of carbonyl (C=O) groups is 2. The Morgan fingerprint density at radius 3 is 2.69 bits per heavy atom. The molecular formula is C20H25N7O5. The number of likely N-dealkylation sites (tertiary alicyclic amines) is 1. The molecular weight excluding hydrogens is 418 g/mol. The summed E-state index contributed by atoms with van der Waals surface area (Å²) in [5.41, 5.74) is -0.185. The molecule has 12 nitrogen and oxygen atoms in total. The summed E-state index contributed by atoms with van der Waals surface area (Å²) < 4.78 is 5.17. The summed E-state index contributed by atoms with van der Waals surface area (Å²) in [5, 5.41) is 14.9. The van der Waals surface area contributed by atoms with Gasteiger partial charge >= 0.3 is 5.69 Å². The second kappa shape index (κ2) is 9.62. The molecule has 170 valence electrons. The first-order chi connectivity index (χ1) is 15.5. The zero-order chi connectivity index (χ0) is 22.5. The molecule has 4 rings (SSSR count). The zero-order valence-electron chi connectivity index (χ0n) is 17.6. The number of rotatable bonds is 8. The molecule has 2 aromatic heterocycles. The number of hydrogen-bond acceptors (Lipinski definition) is 9. The SMILES string of the molecule is O=C1CCCN1CCCNc1ncnc(N2CCN(C(=O)c3ccco3)CC2)c1[N+](=O)[O-]. The lowest BCUT2D eigenvalue weighted by Gasteiger charge is -2.34. The summed E-state index contributed by atoms with van der Waals surface area (Å²) in [6.07, 6.45) is 4.89. The van der Waals surface area contributed by atoms with Gasteiger partial charge in [0.25, 0.3) is 5.91 Å². The quantitative estimate of drug-likeness (QED) is 0.364. The molecule has 2 aliphatic heterocycles. The van der Waals surface area contributed by atoms with Crippen LogP contribution in [0.25, 0.3) is 0 Å². The highest BCUT2D eigenvalue weighted by Crippen LogP contribution is 2.32. The van der Waals surface area contributed by atoms with E-state index in [0.29, 0.717) is 52.1 Å². The minimum Gasteiger partial charge on any atom is -0.459 e. The fourth-order valence-electron chi connectivity index (χ4n) is 3.99. The van der Waals surface area contributed by atoms with Gasteiger partial charge in [-0.25, -0.2) is 9.97 Å². The fraction of sp³-hybridized carbons (Fsp3) is 0.500. The number of anilines is 2. The highest BCUT2D eigenvalue weighted by Gasteiger charge is 2.31. The van der Waals surface area contributed by atoms with Crippen molar-refractivity contribution in [2.75, 3.05) is 56.0 Å². The summed E-state index contributed by atoms with van der Waals surface area (Å²) >= 11 is 0. The molecule has 2 amide bonds. The molecule has 4 heterocycles. The van der Waals surface area contributed by atoms with E-state index in [1.54, 1.807) is 21.9 Å². The smallest absolute Gasteiger partial charge is 0.353 e. The third-order valence-corrected chi connectivity index (χ3v) is 5.65. The third-order valence-electron chi connectivity index (χ3n) is 5.65. The summed E-state index contributed by atoms with van der Waals surface area (Å²) in [7, 11) is 0. The second-order valence-electron chi connectivity index (χ2n) is 7.67. The first-order valence-corrected chi connectivity index (χ1v) is 10.6. The Labute approximate surface area is 184 Å². The van der Waals surface area contributed by atoms with Crippen molar-refractivity contribution in [3.63, 3.8) is 0 Å². The molecule has 0 radical (unpaired) electrons. The summed E-state index contributed by atoms with van der Waals surface area (Å²) in [5.74, 6) is 0.610. The van der Waals surface area contributed by atoms with Gasteiger partial charge in [-0.3, -0.25) is 19.7 Å². The maximum absolute atomic E-state index is 12.4. The molecule has 0 aliphatic carbocycles. The van der Waals surface area contributed by atoms with Crippen LogP contribution in [0.4, 0.5) is 17.3 Å². The van der Waals surface area contributed by atoms with Crippen molar-refractivity contribution in [1.82, 2.24) is 19.8 Å². The molecule has 2 aromatic rings. The second-order valence-corrected chi connectivity index (χ2v) is 7.67. The van der Waals surface area contributed by atoms with Gasteiger partial charge in [-0.1, -0.05) is 0 Å². The minimum atomic E-state index is -0.484. The van der Waals surface area contributed by atoms with E-state index in [9.17, 15) is 19.7 Å². The summed E-state index contributed by atoms with van der Waals surface area (Å²) in [6, 6.07) is 3.27. The lowest BCUT2D eigenvalue weighted by atomic mass is 10.2. The van der Waals surface area contributed by atoms with Crippen molar-refractivity contribution in [2.45, 2.75) is 19.3 Å². The van der Waals surface area contributed by atoms with Gasteiger partial charge in [-0.2, -0.15) is 0 Å². The van der Waals surface area contributed by atoms with Crippen LogP contribution >= 0.6 is 0 Å². The monoisotopic (exact) mass is 443 g/mol. The van der Waals surface area contributed by atoms with Gasteiger partial charge in [-0.15, -0.1) is 0 Å². The molecule has 12 heteroatoms. The van der Waals surface area contributed by atoms with Crippen LogP contribution < -0.4 is 10.2 Å². The Balaban J connectivity index is 1.38. The van der Waals surface area contributed by atoms with Crippen molar-refractivity contribution in [3.05, 3.63) is 40.6 Å². The van der Waals surface area contributed by atoms with Crippen LogP contribution in [0, 0.1) is 10.1 Å². The Hall–Kier alpha value is -3.70. The van der Waals surface area contributed by atoms with Crippen LogP contribution in [0.3, 0.4) is 0 Å². The molecule has 0 aromatic carbocycles. The maximum Gasteiger partial charge on any atom is 0.353 e. The zero-order valence-corrected chi connectivity index (χ0v) is 17.6. The van der Waals surface area contributed by atoms with E-state index >= 15 is 0 Å². The lowest BCUT2D eigenvalue weighted by molar-refractivity contribution is -0.383. The van der Waals surface area contributed by atoms with E-state index in [1.807, 2.05) is 4.90 Å². The number of nitrogens with one attached hydrogen (secondary N) is 1. The molecule has 2 saturated heterocycles. The number of piperazine rings is 1. The van der Waals surface area contributed by atoms with Crippen LogP contribution in [0.1, 0.15) is 29.8 Å². The van der Waals surface area contributed by atoms with Gasteiger partial charge < -0.3 is 24.4 Å². The Morgan fingerprint density at radius 1 is 1.22 bits per heavy atom. The number of nitrogens with zero attached hydrogens (tertiary/aromatic N) is 6. The van der Waals surface area contributed by atoms with E-state index in [4.69, 9.17) is 4.42 Å². The van der Waals surface area contributed by atoms with Crippen LogP contribution in [0.15, 0.2) is 29.1 Å². The average molecular weight is 443 g/mol. The van der Waals surface area contributed by atoms with Gasteiger partial charge in [-0.05, 0) is 25.0 Å². The topological polar surface area (TPSA) is 138 Å². The highest BCUT2D eigenvalue weighted by atomic mass is 16.6. The molecule has 0 atom stereocenters. The highest BCUT2D eigenvalue weighted by molar-refractivity contribution is 5.91. The molecule has 0 bridgehead atoms. The minimum absolute atomic E-state index is 0.154. The van der Waals surface area contributed by atoms with E-state index in [0.717, 1.165) is 13.0 Å². The molecule has 0 saturated carbocycles. The van der Waals surface area contributed by atoms with Crippen molar-refractivity contribution < 1.29 is 18.9 Å². The van der Waals surface area contributed by atoms with E-state index < -0.39 is 4.92 Å². The normalized spacial score (nSPS) is 16.5. The number of nitro groups is 1. The van der Waals surface area contributed by atoms with E-state index in [1.165, 1.54) is 12.6 Å². The first kappa shape index (κ1) is 21.5. The van der Waals surface area contributed by atoms with Crippen molar-refractivity contribution >= 4 is 29.1 Å². The van der Waals surface area contributed by atoms with Crippen molar-refractivity contribution in [3.8, 4) is 0 Å². The van der Waals surface area contributed by atoms with Crippen LogP contribution in [0.5, 0.6) is 0 Å². The third kappa shape index (κ3) is 4.63. The first-order valence-electron chi connectivity index (χ1n) is 10.6.